The molecular weight excluding hydrogens is 957 g/mol. The maximum Gasteiger partial charge on any atom is 0.326 e. The van der Waals surface area contributed by atoms with Crippen LogP contribution in [0.5, 0.6) is 5.75 Å². The van der Waals surface area contributed by atoms with Gasteiger partial charge in [0.2, 0.25) is 41.4 Å². The molecule has 3 aromatic rings. The first-order chi connectivity index (χ1) is 35.3. The smallest absolute Gasteiger partial charge is 0.326 e. The summed E-state index contributed by atoms with van der Waals surface area (Å²) in [5.41, 5.74) is 19.0. The van der Waals surface area contributed by atoms with E-state index in [1.165, 1.54) is 31.2 Å². The number of carbonyl (C=O) groups excluding carboxylic acids is 7. The van der Waals surface area contributed by atoms with E-state index >= 15 is 0 Å². The van der Waals surface area contributed by atoms with Crippen LogP contribution in [0, 0.1) is 5.92 Å². The van der Waals surface area contributed by atoms with E-state index in [9.17, 15) is 58.8 Å². The van der Waals surface area contributed by atoms with Crippen LogP contribution in [-0.2, 0) is 57.6 Å². The lowest BCUT2D eigenvalue weighted by molar-refractivity contribution is -0.142. The molecule has 74 heavy (non-hydrogen) atoms. The van der Waals surface area contributed by atoms with E-state index in [0.29, 0.717) is 48.9 Å². The summed E-state index contributed by atoms with van der Waals surface area (Å²) in [7, 11) is 0. The number of phenols is 1. The topological polar surface area (TPSA) is 380 Å². The summed E-state index contributed by atoms with van der Waals surface area (Å²) in [5.74, 6) is -7.56. The summed E-state index contributed by atoms with van der Waals surface area (Å²) in [6, 6.07) is 12.0. The van der Waals surface area contributed by atoms with Crippen molar-refractivity contribution in [2.75, 3.05) is 19.7 Å². The number of nitrogens with two attached hydrogens (primary N) is 3. The molecule has 9 unspecified atom stereocenters. The summed E-state index contributed by atoms with van der Waals surface area (Å²) in [6.07, 6.45) is 0.408. The van der Waals surface area contributed by atoms with Crippen molar-refractivity contribution in [3.63, 3.8) is 0 Å². The lowest BCUT2D eigenvalue weighted by atomic mass is 10.00. The van der Waals surface area contributed by atoms with Crippen LogP contribution in [0.1, 0.15) is 82.4 Å². The molecule has 7 amide bonds. The van der Waals surface area contributed by atoms with E-state index in [-0.39, 0.29) is 56.7 Å². The number of aliphatic hydroxyl groups excluding tert-OH is 2. The zero-order valence-electron chi connectivity index (χ0n) is 42.3. The third-order valence-electron chi connectivity index (χ3n) is 12.0. The van der Waals surface area contributed by atoms with Crippen molar-refractivity contribution in [2.24, 2.45) is 23.1 Å². The number of hydrogen-bond acceptors (Lipinski definition) is 14. The highest BCUT2D eigenvalue weighted by atomic mass is 16.4. The Balaban J connectivity index is 1.89. The number of aliphatic carboxylic acids is 1. The van der Waals surface area contributed by atoms with Gasteiger partial charge in [-0.1, -0.05) is 86.6 Å². The van der Waals surface area contributed by atoms with Crippen LogP contribution in [0.4, 0.5) is 0 Å². The standard InChI is InChI=1S/C52H76N10O12/c1-31(2)26-39(58-49(70)40(27-33-14-6-4-7-15-33)59-45(66)38(19-11-13-25-54)57-51(72)44(55)32(3)64)47(68)62-43(30-63)50(71)60-41(28-35-20-22-36(65)23-21-35)48(69)56-37(18-10-12-24-53)46(67)61-42(52(73)74)29-34-16-8-5-9-17-34/h4-9,14-17,20-23,31-32,37-44,63-65H,10-13,18-19,24-30,53-55H2,1-3H3,(H,56,69)(H,57,72)(H,58,70)(H,59,66)(H,60,71)(H,61,67)(H,62,68)(H,73,74). The Hall–Kier alpha value is -6.98. The first kappa shape index (κ1) is 61.3. The van der Waals surface area contributed by atoms with Gasteiger partial charge in [-0.2, -0.15) is 0 Å². The summed E-state index contributed by atoms with van der Waals surface area (Å²) < 4.78 is 0. The van der Waals surface area contributed by atoms with Gasteiger partial charge in [0, 0.05) is 19.3 Å². The Morgan fingerprint density at radius 1 is 0.473 bits per heavy atom. The maximum atomic E-state index is 14.3. The number of carboxylic acid groups (broad SMARTS) is 1. The third kappa shape index (κ3) is 21.6. The quantitative estimate of drug-likeness (QED) is 0.0322. The minimum atomic E-state index is -1.70. The molecule has 0 radical (unpaired) electrons. The van der Waals surface area contributed by atoms with Gasteiger partial charge in [-0.3, -0.25) is 33.6 Å². The average molecular weight is 1030 g/mol. The monoisotopic (exact) mass is 1030 g/mol. The Kier molecular flexibility index (Phi) is 26.7. The van der Waals surface area contributed by atoms with Crippen molar-refractivity contribution < 1.29 is 58.8 Å². The van der Waals surface area contributed by atoms with Crippen molar-refractivity contribution in [1.82, 2.24) is 37.2 Å². The number of aliphatic hydroxyl groups is 2. The molecule has 0 heterocycles. The molecule has 0 aromatic heterocycles. The van der Waals surface area contributed by atoms with Crippen LogP contribution >= 0.6 is 0 Å². The van der Waals surface area contributed by atoms with Crippen molar-refractivity contribution in [2.45, 2.75) is 139 Å². The molecule has 0 aliphatic carbocycles. The van der Waals surface area contributed by atoms with Gasteiger partial charge in [0.05, 0.1) is 12.7 Å². The van der Waals surface area contributed by atoms with Crippen LogP contribution in [0.2, 0.25) is 0 Å². The van der Waals surface area contributed by atoms with Gasteiger partial charge < -0.3 is 74.8 Å². The lowest BCUT2D eigenvalue weighted by Crippen LogP contribution is -2.61. The van der Waals surface area contributed by atoms with Crippen molar-refractivity contribution >= 4 is 47.3 Å². The van der Waals surface area contributed by atoms with Crippen molar-refractivity contribution in [1.29, 1.82) is 0 Å². The molecule has 9 atom stereocenters. The molecule has 22 nitrogen and oxygen atoms in total. The molecule has 0 bridgehead atoms. The molecule has 0 saturated heterocycles. The van der Waals surface area contributed by atoms with Gasteiger partial charge in [0.25, 0.3) is 0 Å². The number of nitrogens with one attached hydrogen (secondary N) is 7. The first-order valence-electron chi connectivity index (χ1n) is 24.9. The predicted molar refractivity (Wildman–Crippen MR) is 275 cm³/mol. The molecule has 0 aliphatic rings. The number of carbonyl (C=O) groups is 8. The fraction of sp³-hybridized carbons (Fsp3) is 0.500. The Labute approximate surface area is 431 Å². The lowest BCUT2D eigenvalue weighted by Gasteiger charge is -2.28. The fourth-order valence-electron chi connectivity index (χ4n) is 7.73. The Bertz CT molecular complexity index is 2260. The van der Waals surface area contributed by atoms with Crippen molar-refractivity contribution in [3.8, 4) is 5.75 Å². The number of rotatable bonds is 33. The van der Waals surface area contributed by atoms with E-state index in [1.807, 2.05) is 0 Å². The van der Waals surface area contributed by atoms with Crippen LogP contribution in [0.15, 0.2) is 84.9 Å². The molecule has 3 aromatic carbocycles. The second kappa shape index (κ2) is 32.3. The number of amides is 7. The van der Waals surface area contributed by atoms with Gasteiger partial charge in [0.1, 0.15) is 54.1 Å². The van der Waals surface area contributed by atoms with E-state index in [0.717, 1.165) is 0 Å². The van der Waals surface area contributed by atoms with Gasteiger partial charge >= 0.3 is 5.97 Å². The van der Waals surface area contributed by atoms with Gasteiger partial charge in [-0.25, -0.2) is 4.79 Å². The molecule has 0 aliphatic heterocycles. The predicted octanol–water partition coefficient (Wildman–Crippen LogP) is -1.10. The maximum absolute atomic E-state index is 14.3. The van der Waals surface area contributed by atoms with E-state index in [1.54, 1.807) is 74.5 Å². The Morgan fingerprint density at radius 3 is 1.24 bits per heavy atom. The number of benzene rings is 3. The zero-order chi connectivity index (χ0) is 54.7. The molecule has 0 spiro atoms. The molecule has 0 fully saturated rings. The average Bonchev–Trinajstić information content (AvgIpc) is 3.37. The minimum Gasteiger partial charge on any atom is -0.508 e. The van der Waals surface area contributed by atoms with Crippen LogP contribution in [0.3, 0.4) is 0 Å². The third-order valence-corrected chi connectivity index (χ3v) is 12.0. The van der Waals surface area contributed by atoms with Gasteiger partial charge in [0.15, 0.2) is 0 Å². The number of carboxylic acids is 1. The Morgan fingerprint density at radius 2 is 0.824 bits per heavy atom. The summed E-state index contributed by atoms with van der Waals surface area (Å²) in [4.78, 5) is 109. The molecule has 22 heteroatoms. The number of aromatic hydroxyl groups is 1. The summed E-state index contributed by atoms with van der Waals surface area (Å²) in [5, 5.41) is 58.5. The molecule has 17 N–H and O–H groups in total. The fourth-order valence-corrected chi connectivity index (χ4v) is 7.73. The number of hydrogen-bond donors (Lipinski definition) is 14. The molecule has 0 saturated carbocycles. The zero-order valence-corrected chi connectivity index (χ0v) is 42.3. The van der Waals surface area contributed by atoms with Gasteiger partial charge in [-0.15, -0.1) is 0 Å². The van der Waals surface area contributed by atoms with Crippen LogP contribution < -0.4 is 54.4 Å². The van der Waals surface area contributed by atoms with Crippen molar-refractivity contribution in [3.05, 3.63) is 102 Å². The number of unbranched alkanes of at least 4 members (excludes halogenated alkanes) is 2. The minimum absolute atomic E-state index is 0.0198. The second-order valence-corrected chi connectivity index (χ2v) is 18.7. The second-order valence-electron chi connectivity index (χ2n) is 18.7. The highest BCUT2D eigenvalue weighted by molar-refractivity contribution is 5.98. The van der Waals surface area contributed by atoms with E-state index in [4.69, 9.17) is 17.2 Å². The summed E-state index contributed by atoms with van der Waals surface area (Å²) >= 11 is 0. The largest absolute Gasteiger partial charge is 0.508 e. The van der Waals surface area contributed by atoms with E-state index in [2.05, 4.69) is 37.2 Å². The SMILES string of the molecule is CC(C)CC(NC(=O)C(Cc1ccccc1)NC(=O)C(CCCCN)NC(=O)C(N)C(C)O)C(=O)NC(CO)C(=O)NC(Cc1ccc(O)cc1)C(=O)NC(CCCCN)C(=O)NC(Cc1ccccc1)C(=O)O. The number of phenolic OH excluding ortho intramolecular Hbond substituents is 1. The molecule has 3 rings (SSSR count). The van der Waals surface area contributed by atoms with Gasteiger partial charge in [-0.05, 0) is 99.7 Å². The first-order valence-corrected chi connectivity index (χ1v) is 24.9. The summed E-state index contributed by atoms with van der Waals surface area (Å²) in [6.45, 7) is 4.49. The van der Waals surface area contributed by atoms with Crippen LogP contribution in [0.25, 0.3) is 0 Å². The van der Waals surface area contributed by atoms with E-state index < -0.39 is 108 Å². The van der Waals surface area contributed by atoms with Crippen LogP contribution in [-0.4, -0.2) is 142 Å². The normalized spacial score (nSPS) is 14.8. The highest BCUT2D eigenvalue weighted by Crippen LogP contribution is 2.14. The molecular formula is C52H76N10O12. The molecule has 406 valence electrons. The highest BCUT2D eigenvalue weighted by Gasteiger charge is 2.35.